The van der Waals surface area contributed by atoms with Gasteiger partial charge in [0.15, 0.2) is 0 Å². The van der Waals surface area contributed by atoms with E-state index < -0.39 is 0 Å². The van der Waals surface area contributed by atoms with Crippen LogP contribution in [0, 0.1) is 5.92 Å². The summed E-state index contributed by atoms with van der Waals surface area (Å²) in [7, 11) is 0. The van der Waals surface area contributed by atoms with Gasteiger partial charge in [-0.1, -0.05) is 47.1 Å². The number of hydrogen-bond acceptors (Lipinski definition) is 3. The molecule has 0 aliphatic heterocycles. The second-order valence-corrected chi connectivity index (χ2v) is 6.28. The molecule has 1 unspecified atom stereocenters. The van der Waals surface area contributed by atoms with Crippen LogP contribution in [0.15, 0.2) is 34.8 Å². The van der Waals surface area contributed by atoms with E-state index in [9.17, 15) is 4.79 Å². The Morgan fingerprint density at radius 3 is 2.62 bits per heavy atom. The first kappa shape index (κ1) is 17.8. The van der Waals surface area contributed by atoms with E-state index >= 15 is 0 Å². The topological polar surface area (TPSA) is 35.5 Å². The summed E-state index contributed by atoms with van der Waals surface area (Å²) in [5.74, 6) is 0.774. The molecule has 0 spiro atoms. The summed E-state index contributed by atoms with van der Waals surface area (Å²) in [5, 5.41) is 0. The molecule has 0 aliphatic carbocycles. The molecule has 116 valence electrons. The van der Waals surface area contributed by atoms with Crippen LogP contribution in [-0.2, 0) is 16.0 Å². The Labute approximate surface area is 135 Å². The summed E-state index contributed by atoms with van der Waals surface area (Å²) in [5.41, 5.74) is 0.856. The largest absolute Gasteiger partial charge is 0.490 e. The molecular weight excluding hydrogens is 332 g/mol. The molecule has 2 atom stereocenters. The molecule has 0 saturated heterocycles. The number of halogens is 1. The molecule has 0 N–H and O–H groups in total. The summed E-state index contributed by atoms with van der Waals surface area (Å²) >= 11 is 3.44. The molecule has 1 rings (SSSR count). The molecule has 0 fully saturated rings. The van der Waals surface area contributed by atoms with E-state index in [0.29, 0.717) is 6.61 Å². The maximum atomic E-state index is 11.6. The van der Waals surface area contributed by atoms with Crippen molar-refractivity contribution in [2.24, 2.45) is 5.92 Å². The molecule has 3 nitrogen and oxygen atoms in total. The van der Waals surface area contributed by atoms with E-state index in [4.69, 9.17) is 9.47 Å². The van der Waals surface area contributed by atoms with Gasteiger partial charge >= 0.3 is 5.97 Å². The van der Waals surface area contributed by atoms with Crippen LogP contribution >= 0.6 is 15.9 Å². The highest BCUT2D eigenvalue weighted by Gasteiger charge is 2.15. The number of carbonyl (C=O) groups excluding carboxylic acids is 1. The second kappa shape index (κ2) is 8.88. The van der Waals surface area contributed by atoms with Gasteiger partial charge in [-0.25, -0.2) is 0 Å². The summed E-state index contributed by atoms with van der Waals surface area (Å²) in [6.07, 6.45) is 2.36. The third-order valence-electron chi connectivity index (χ3n) is 3.16. The van der Waals surface area contributed by atoms with Crippen LogP contribution in [0.3, 0.4) is 0 Å². The number of ether oxygens (including phenoxy) is 2. The minimum atomic E-state index is -0.231. The third-order valence-corrected chi connectivity index (χ3v) is 3.42. The van der Waals surface area contributed by atoms with E-state index in [-0.39, 0.29) is 24.4 Å². The predicted octanol–water partition coefficient (Wildman–Crippen LogP) is 4.49. The lowest BCUT2D eigenvalue weighted by molar-refractivity contribution is -0.142. The van der Waals surface area contributed by atoms with Crippen molar-refractivity contribution >= 4 is 21.9 Å². The summed E-state index contributed by atoms with van der Waals surface area (Å²) in [4.78, 5) is 11.6. The first-order valence-corrected chi connectivity index (χ1v) is 7.97. The molecule has 0 radical (unpaired) electrons. The van der Waals surface area contributed by atoms with Crippen molar-refractivity contribution in [3.63, 3.8) is 0 Å². The zero-order valence-corrected chi connectivity index (χ0v) is 14.6. The van der Waals surface area contributed by atoms with E-state index in [0.717, 1.165) is 15.8 Å². The molecule has 0 aromatic heterocycles. The number of allylic oxidation sites excluding steroid dienone is 1. The van der Waals surface area contributed by atoms with Gasteiger partial charge in [-0.3, -0.25) is 4.79 Å². The Morgan fingerprint density at radius 2 is 2.00 bits per heavy atom. The molecule has 4 heteroatoms. The maximum absolute atomic E-state index is 11.6. The third kappa shape index (κ3) is 6.34. The first-order valence-electron chi connectivity index (χ1n) is 7.18. The minimum absolute atomic E-state index is 0.0147. The molecule has 1 aromatic rings. The van der Waals surface area contributed by atoms with Gasteiger partial charge in [0.1, 0.15) is 11.9 Å². The number of esters is 1. The fourth-order valence-electron chi connectivity index (χ4n) is 1.94. The number of hydrogen-bond donors (Lipinski definition) is 0. The first-order chi connectivity index (χ1) is 9.93. The monoisotopic (exact) mass is 354 g/mol. The van der Waals surface area contributed by atoms with Gasteiger partial charge in [-0.2, -0.15) is 0 Å². The van der Waals surface area contributed by atoms with Crippen LogP contribution in [0.2, 0.25) is 0 Å². The van der Waals surface area contributed by atoms with Gasteiger partial charge in [-0.05, 0) is 31.3 Å². The van der Waals surface area contributed by atoms with Gasteiger partial charge in [0.25, 0.3) is 0 Å². The number of carbonyl (C=O) groups is 1. The van der Waals surface area contributed by atoms with Crippen molar-refractivity contribution < 1.29 is 14.3 Å². The van der Waals surface area contributed by atoms with E-state index in [1.54, 1.807) is 6.92 Å². The zero-order valence-electron chi connectivity index (χ0n) is 13.1. The highest BCUT2D eigenvalue weighted by molar-refractivity contribution is 9.11. The quantitative estimate of drug-likeness (QED) is 0.676. The summed E-state index contributed by atoms with van der Waals surface area (Å²) < 4.78 is 12.1. The van der Waals surface area contributed by atoms with Crippen LogP contribution in [0.1, 0.15) is 33.3 Å². The number of para-hydroxylation sites is 1. The molecule has 0 saturated carbocycles. The maximum Gasteiger partial charge on any atom is 0.310 e. The van der Waals surface area contributed by atoms with Crippen LogP contribution < -0.4 is 4.74 Å². The van der Waals surface area contributed by atoms with Gasteiger partial charge in [0, 0.05) is 11.5 Å². The lowest BCUT2D eigenvalue weighted by Crippen LogP contribution is -2.21. The lowest BCUT2D eigenvalue weighted by Gasteiger charge is -2.21. The van der Waals surface area contributed by atoms with Crippen molar-refractivity contribution in [3.8, 4) is 5.75 Å². The molecule has 0 bridgehead atoms. The Bertz CT molecular complexity index is 493. The summed E-state index contributed by atoms with van der Waals surface area (Å²) in [6, 6.07) is 7.60. The van der Waals surface area contributed by atoms with Crippen LogP contribution in [0.4, 0.5) is 0 Å². The minimum Gasteiger partial charge on any atom is -0.490 e. The van der Waals surface area contributed by atoms with Crippen molar-refractivity contribution in [1.29, 1.82) is 0 Å². The predicted molar refractivity (Wildman–Crippen MR) is 88.7 cm³/mol. The van der Waals surface area contributed by atoms with Crippen molar-refractivity contribution in [3.05, 3.63) is 40.4 Å². The summed E-state index contributed by atoms with van der Waals surface area (Å²) in [6.45, 7) is 8.32. The van der Waals surface area contributed by atoms with Crippen LogP contribution in [0.25, 0.3) is 0 Å². The molecule has 21 heavy (non-hydrogen) atoms. The van der Waals surface area contributed by atoms with Crippen molar-refractivity contribution in [2.45, 2.75) is 40.2 Å². The SMILES string of the molecule is CCOC(=O)Cc1ccccc1O[C@H](C)C(C)/C=C(\C)Br. The van der Waals surface area contributed by atoms with Crippen molar-refractivity contribution in [1.82, 2.24) is 0 Å². The number of benzene rings is 1. The van der Waals surface area contributed by atoms with Crippen LogP contribution in [-0.4, -0.2) is 18.7 Å². The standard InChI is InChI=1S/C17H23BrO3/c1-5-20-17(19)11-15-8-6-7-9-16(15)21-14(4)12(2)10-13(3)18/h6-10,12,14H,5,11H2,1-4H3/b13-10+/t12?,14-/m1/s1. The van der Waals surface area contributed by atoms with Gasteiger partial charge in [0.05, 0.1) is 13.0 Å². The van der Waals surface area contributed by atoms with Crippen LogP contribution in [0.5, 0.6) is 5.75 Å². The second-order valence-electron chi connectivity index (χ2n) is 5.03. The van der Waals surface area contributed by atoms with Gasteiger partial charge < -0.3 is 9.47 Å². The Balaban J connectivity index is 2.79. The average Bonchev–Trinajstić information content (AvgIpc) is 2.40. The molecule has 0 heterocycles. The highest BCUT2D eigenvalue weighted by atomic mass is 79.9. The van der Waals surface area contributed by atoms with E-state index in [1.807, 2.05) is 38.1 Å². The van der Waals surface area contributed by atoms with Gasteiger partial charge in [0.2, 0.25) is 0 Å². The fraction of sp³-hybridized carbons (Fsp3) is 0.471. The van der Waals surface area contributed by atoms with Gasteiger partial charge in [-0.15, -0.1) is 0 Å². The molecule has 0 amide bonds. The smallest absolute Gasteiger partial charge is 0.310 e. The Hall–Kier alpha value is -1.29. The highest BCUT2D eigenvalue weighted by Crippen LogP contribution is 2.23. The van der Waals surface area contributed by atoms with E-state index in [1.165, 1.54) is 0 Å². The Kier molecular flexibility index (Phi) is 7.51. The number of rotatable bonds is 7. The lowest BCUT2D eigenvalue weighted by atomic mass is 10.1. The normalized spacial score (nSPS) is 14.4. The fourth-order valence-corrected chi connectivity index (χ4v) is 2.35. The molecular formula is C17H23BrO3. The molecule has 0 aliphatic rings. The average molecular weight is 355 g/mol. The zero-order chi connectivity index (χ0) is 15.8. The Morgan fingerprint density at radius 1 is 1.33 bits per heavy atom. The van der Waals surface area contributed by atoms with E-state index in [2.05, 4.69) is 28.9 Å². The molecule has 1 aromatic carbocycles. The van der Waals surface area contributed by atoms with Crippen molar-refractivity contribution in [2.75, 3.05) is 6.61 Å².